The second-order valence-corrected chi connectivity index (χ2v) is 4.70. The largest absolute Gasteiger partial charge is 0.497 e. The molecule has 0 aliphatic heterocycles. The molecular formula is C15H15FN2OS. The molecule has 104 valence electrons. The molecule has 2 aromatic rings. The van der Waals surface area contributed by atoms with E-state index < -0.39 is 5.82 Å². The number of ether oxygens (including phenoxy) is 1. The maximum absolute atomic E-state index is 13.7. The van der Waals surface area contributed by atoms with Crippen molar-refractivity contribution in [3.8, 4) is 5.75 Å². The van der Waals surface area contributed by atoms with Crippen LogP contribution in [0.15, 0.2) is 42.5 Å². The highest BCUT2D eigenvalue weighted by molar-refractivity contribution is 7.80. The van der Waals surface area contributed by atoms with Gasteiger partial charge in [0.25, 0.3) is 0 Å². The van der Waals surface area contributed by atoms with Crippen molar-refractivity contribution in [1.82, 2.24) is 0 Å². The molecule has 2 aromatic carbocycles. The Balaban J connectivity index is 2.07. The van der Waals surface area contributed by atoms with Crippen molar-refractivity contribution in [1.29, 1.82) is 0 Å². The molecular weight excluding hydrogens is 275 g/mol. The molecule has 20 heavy (non-hydrogen) atoms. The van der Waals surface area contributed by atoms with Crippen molar-refractivity contribution in [3.63, 3.8) is 0 Å². The van der Waals surface area contributed by atoms with E-state index in [2.05, 4.69) is 5.32 Å². The molecule has 0 heterocycles. The third-order valence-electron chi connectivity index (χ3n) is 2.87. The van der Waals surface area contributed by atoms with Crippen molar-refractivity contribution in [2.24, 2.45) is 5.73 Å². The lowest BCUT2D eigenvalue weighted by Gasteiger charge is -2.09. The molecule has 0 amide bonds. The van der Waals surface area contributed by atoms with E-state index in [9.17, 15) is 4.39 Å². The highest BCUT2D eigenvalue weighted by Gasteiger charge is 2.05. The third-order valence-corrected chi connectivity index (χ3v) is 3.09. The van der Waals surface area contributed by atoms with Crippen molar-refractivity contribution < 1.29 is 9.13 Å². The summed E-state index contributed by atoms with van der Waals surface area (Å²) in [6.07, 6.45) is 0. The molecule has 0 aliphatic rings. The summed E-state index contributed by atoms with van der Waals surface area (Å²) in [5.74, 6) is 0.368. The van der Waals surface area contributed by atoms with Gasteiger partial charge in [0.05, 0.1) is 7.11 Å². The van der Waals surface area contributed by atoms with Gasteiger partial charge in [-0.25, -0.2) is 4.39 Å². The lowest BCUT2D eigenvalue weighted by molar-refractivity contribution is 0.414. The predicted molar refractivity (Wildman–Crippen MR) is 82.6 cm³/mol. The Labute approximate surface area is 122 Å². The SMILES string of the molecule is COc1cccc(CNc2ccc(C(N)=S)c(F)c2)c1. The summed E-state index contributed by atoms with van der Waals surface area (Å²) in [6, 6.07) is 12.4. The van der Waals surface area contributed by atoms with Crippen LogP contribution in [0.2, 0.25) is 0 Å². The molecule has 0 atom stereocenters. The van der Waals surface area contributed by atoms with Crippen LogP contribution >= 0.6 is 12.2 Å². The highest BCUT2D eigenvalue weighted by Crippen LogP contribution is 2.17. The van der Waals surface area contributed by atoms with E-state index in [-0.39, 0.29) is 10.6 Å². The van der Waals surface area contributed by atoms with E-state index in [1.807, 2.05) is 24.3 Å². The molecule has 0 aliphatic carbocycles. The third kappa shape index (κ3) is 3.45. The Morgan fingerprint density at radius 2 is 2.10 bits per heavy atom. The summed E-state index contributed by atoms with van der Waals surface area (Å²) in [7, 11) is 1.62. The quantitative estimate of drug-likeness (QED) is 0.831. The van der Waals surface area contributed by atoms with Gasteiger partial charge in [-0.1, -0.05) is 24.4 Å². The van der Waals surface area contributed by atoms with Gasteiger partial charge in [-0.05, 0) is 35.9 Å². The van der Waals surface area contributed by atoms with Crippen LogP contribution in [0.1, 0.15) is 11.1 Å². The molecule has 0 aromatic heterocycles. The van der Waals surface area contributed by atoms with Crippen LogP contribution in [0.4, 0.5) is 10.1 Å². The van der Waals surface area contributed by atoms with E-state index in [0.717, 1.165) is 11.3 Å². The lowest BCUT2D eigenvalue weighted by atomic mass is 10.1. The van der Waals surface area contributed by atoms with Crippen molar-refractivity contribution in [2.45, 2.75) is 6.54 Å². The lowest BCUT2D eigenvalue weighted by Crippen LogP contribution is -2.12. The highest BCUT2D eigenvalue weighted by atomic mass is 32.1. The first kappa shape index (κ1) is 14.3. The van der Waals surface area contributed by atoms with Crippen LogP contribution in [0.5, 0.6) is 5.75 Å². The van der Waals surface area contributed by atoms with E-state index in [1.165, 1.54) is 6.07 Å². The minimum atomic E-state index is -0.423. The molecule has 3 nitrogen and oxygen atoms in total. The van der Waals surface area contributed by atoms with Crippen molar-refractivity contribution in [3.05, 3.63) is 59.4 Å². The smallest absolute Gasteiger partial charge is 0.135 e. The van der Waals surface area contributed by atoms with E-state index in [4.69, 9.17) is 22.7 Å². The number of nitrogens with one attached hydrogen (secondary N) is 1. The number of hydrogen-bond acceptors (Lipinski definition) is 3. The van der Waals surface area contributed by atoms with Gasteiger partial charge in [-0.2, -0.15) is 0 Å². The van der Waals surface area contributed by atoms with Crippen LogP contribution in [0.25, 0.3) is 0 Å². The number of benzene rings is 2. The van der Waals surface area contributed by atoms with Gasteiger partial charge in [0, 0.05) is 17.8 Å². The molecule has 0 saturated heterocycles. The molecule has 0 radical (unpaired) electrons. The number of halogens is 1. The predicted octanol–water partition coefficient (Wildman–Crippen LogP) is 3.08. The average Bonchev–Trinajstić information content (AvgIpc) is 2.45. The fourth-order valence-corrected chi connectivity index (χ4v) is 1.98. The number of methoxy groups -OCH3 is 1. The summed E-state index contributed by atoms with van der Waals surface area (Å²) >= 11 is 4.77. The molecule has 2 rings (SSSR count). The molecule has 0 unspecified atom stereocenters. The zero-order valence-corrected chi connectivity index (χ0v) is 11.8. The van der Waals surface area contributed by atoms with Crippen molar-refractivity contribution >= 4 is 22.9 Å². The summed E-state index contributed by atoms with van der Waals surface area (Å²) in [5.41, 5.74) is 7.39. The Bertz CT molecular complexity index is 631. The number of rotatable bonds is 5. The van der Waals surface area contributed by atoms with Crippen LogP contribution < -0.4 is 15.8 Å². The van der Waals surface area contributed by atoms with Gasteiger partial charge in [-0.3, -0.25) is 0 Å². The Morgan fingerprint density at radius 3 is 2.75 bits per heavy atom. The minimum absolute atomic E-state index is 0.0573. The fourth-order valence-electron chi connectivity index (χ4n) is 1.81. The molecule has 3 N–H and O–H groups in total. The first-order valence-corrected chi connectivity index (χ1v) is 6.47. The molecule has 5 heteroatoms. The van der Waals surface area contributed by atoms with Gasteiger partial charge in [0.1, 0.15) is 16.6 Å². The second-order valence-electron chi connectivity index (χ2n) is 4.26. The minimum Gasteiger partial charge on any atom is -0.497 e. The van der Waals surface area contributed by atoms with E-state index >= 15 is 0 Å². The van der Waals surface area contributed by atoms with Gasteiger partial charge in [0.15, 0.2) is 0 Å². The standard InChI is InChI=1S/C15H15FN2OS/c1-19-12-4-2-3-10(7-12)9-18-11-5-6-13(15(17)20)14(16)8-11/h2-8,18H,9H2,1H3,(H2,17,20). The van der Waals surface area contributed by atoms with Gasteiger partial charge in [-0.15, -0.1) is 0 Å². The Morgan fingerprint density at radius 1 is 1.30 bits per heavy atom. The van der Waals surface area contributed by atoms with Crippen LogP contribution in [-0.2, 0) is 6.54 Å². The molecule has 0 fully saturated rings. The van der Waals surface area contributed by atoms with Crippen LogP contribution in [0.3, 0.4) is 0 Å². The zero-order valence-electron chi connectivity index (χ0n) is 11.0. The molecule has 0 bridgehead atoms. The van der Waals surface area contributed by atoms with Gasteiger partial charge < -0.3 is 15.8 Å². The van der Waals surface area contributed by atoms with E-state index in [1.54, 1.807) is 19.2 Å². The number of anilines is 1. The molecule has 0 saturated carbocycles. The molecule has 0 spiro atoms. The average molecular weight is 290 g/mol. The summed E-state index contributed by atoms with van der Waals surface area (Å²) in [6.45, 7) is 0.572. The first-order valence-electron chi connectivity index (χ1n) is 6.06. The number of thiocarbonyl (C=S) groups is 1. The second kappa shape index (κ2) is 6.34. The normalized spacial score (nSPS) is 10.1. The van der Waals surface area contributed by atoms with Crippen molar-refractivity contribution in [2.75, 3.05) is 12.4 Å². The maximum Gasteiger partial charge on any atom is 0.135 e. The monoisotopic (exact) mass is 290 g/mol. The van der Waals surface area contributed by atoms with Gasteiger partial charge >= 0.3 is 0 Å². The van der Waals surface area contributed by atoms with Crippen LogP contribution in [-0.4, -0.2) is 12.1 Å². The number of nitrogens with two attached hydrogens (primary N) is 1. The van der Waals surface area contributed by atoms with Crippen LogP contribution in [0, 0.1) is 5.82 Å². The number of hydrogen-bond donors (Lipinski definition) is 2. The summed E-state index contributed by atoms with van der Waals surface area (Å²) in [5, 5.41) is 3.14. The zero-order chi connectivity index (χ0) is 14.5. The first-order chi connectivity index (χ1) is 9.60. The summed E-state index contributed by atoms with van der Waals surface area (Å²) in [4.78, 5) is 0.0573. The van der Waals surface area contributed by atoms with Gasteiger partial charge in [0.2, 0.25) is 0 Å². The maximum atomic E-state index is 13.7. The Kier molecular flexibility index (Phi) is 4.53. The Hall–Kier alpha value is -2.14. The topological polar surface area (TPSA) is 47.3 Å². The summed E-state index contributed by atoms with van der Waals surface area (Å²) < 4.78 is 18.9. The fraction of sp³-hybridized carbons (Fsp3) is 0.133. The van der Waals surface area contributed by atoms with E-state index in [0.29, 0.717) is 12.2 Å².